The molecule has 0 bridgehead atoms. The van der Waals surface area contributed by atoms with Gasteiger partial charge in [-0.25, -0.2) is 0 Å². The normalized spacial score (nSPS) is 39.6. The first-order valence-electron chi connectivity index (χ1n) is 12.6. The molecular formula is C27H36ClN3O2. The van der Waals surface area contributed by atoms with Crippen molar-refractivity contribution in [2.75, 3.05) is 7.05 Å². The van der Waals surface area contributed by atoms with E-state index in [9.17, 15) is 9.59 Å². The molecule has 6 heteroatoms. The predicted octanol–water partition coefficient (Wildman–Crippen LogP) is 5.00. The van der Waals surface area contributed by atoms with Gasteiger partial charge >= 0.3 is 0 Å². The minimum absolute atomic E-state index is 0.0737. The SMILES string of the molecule is CN1C(=O)C=C[C@]2(C)[C@H]3CC[C@]4(C)[C@@H](CC(=O)NCc5ncccc5Cl)CC[C@H]4[C@@H]3CC[C@@H]12. The molecule has 3 aliphatic carbocycles. The molecule has 0 aromatic carbocycles. The first kappa shape index (κ1) is 22.9. The van der Waals surface area contributed by atoms with E-state index >= 15 is 0 Å². The zero-order valence-corrected chi connectivity index (χ0v) is 20.8. The number of aromatic nitrogens is 1. The van der Waals surface area contributed by atoms with E-state index < -0.39 is 0 Å². The number of nitrogens with zero attached hydrogens (tertiary/aromatic N) is 2. The lowest BCUT2D eigenvalue weighted by atomic mass is 9.47. The van der Waals surface area contributed by atoms with Crippen molar-refractivity contribution in [1.29, 1.82) is 0 Å². The van der Waals surface area contributed by atoms with Gasteiger partial charge in [-0.05, 0) is 85.8 Å². The molecule has 2 amide bonds. The summed E-state index contributed by atoms with van der Waals surface area (Å²) in [7, 11) is 1.98. The molecule has 5 nitrogen and oxygen atoms in total. The zero-order chi connectivity index (χ0) is 23.4. The summed E-state index contributed by atoms with van der Waals surface area (Å²) in [5.41, 5.74) is 1.02. The number of rotatable bonds is 4. The van der Waals surface area contributed by atoms with Gasteiger partial charge in [0.15, 0.2) is 0 Å². The van der Waals surface area contributed by atoms with Crippen LogP contribution in [0.25, 0.3) is 0 Å². The number of carbonyl (C=O) groups is 2. The van der Waals surface area contributed by atoms with Crippen LogP contribution in [0.4, 0.5) is 0 Å². The zero-order valence-electron chi connectivity index (χ0n) is 20.0. The van der Waals surface area contributed by atoms with E-state index in [4.69, 9.17) is 11.6 Å². The van der Waals surface area contributed by atoms with E-state index in [2.05, 4.69) is 30.2 Å². The third kappa shape index (κ3) is 3.71. The Bertz CT molecular complexity index is 980. The second kappa shape index (κ2) is 8.41. The minimum atomic E-state index is 0.0737. The molecule has 5 rings (SSSR count). The predicted molar refractivity (Wildman–Crippen MR) is 129 cm³/mol. The Morgan fingerprint density at radius 1 is 1.21 bits per heavy atom. The fourth-order valence-corrected chi connectivity index (χ4v) is 8.40. The van der Waals surface area contributed by atoms with Crippen molar-refractivity contribution in [3.63, 3.8) is 0 Å². The van der Waals surface area contributed by atoms with Gasteiger partial charge in [-0.3, -0.25) is 14.6 Å². The van der Waals surface area contributed by atoms with Crippen LogP contribution in [0.15, 0.2) is 30.5 Å². The number of halogens is 1. The van der Waals surface area contributed by atoms with Crippen LogP contribution in [0.5, 0.6) is 0 Å². The van der Waals surface area contributed by atoms with E-state index in [1.807, 2.05) is 24.1 Å². The molecule has 1 aromatic rings. The number of amides is 2. The molecule has 1 aliphatic heterocycles. The number of carbonyl (C=O) groups excluding carboxylic acids is 2. The summed E-state index contributed by atoms with van der Waals surface area (Å²) in [6.45, 7) is 5.23. The lowest BCUT2D eigenvalue weighted by Crippen LogP contribution is -2.59. The number of pyridine rings is 1. The summed E-state index contributed by atoms with van der Waals surface area (Å²) in [5, 5.41) is 3.65. The average molecular weight is 470 g/mol. The molecule has 4 aliphatic rings. The Labute approximate surface area is 202 Å². The molecule has 0 radical (unpaired) electrons. The van der Waals surface area contributed by atoms with Crippen molar-refractivity contribution in [2.24, 2.45) is 34.5 Å². The number of likely N-dealkylation sites (N-methyl/N-ethyl adjacent to an activating group) is 1. The molecule has 2 heterocycles. The maximum absolute atomic E-state index is 12.9. The van der Waals surface area contributed by atoms with Crippen LogP contribution in [-0.4, -0.2) is 34.8 Å². The fourth-order valence-electron chi connectivity index (χ4n) is 8.21. The highest BCUT2D eigenvalue weighted by atomic mass is 35.5. The molecule has 3 saturated carbocycles. The number of nitrogens with one attached hydrogen (secondary N) is 1. The van der Waals surface area contributed by atoms with E-state index in [0.717, 1.165) is 18.5 Å². The lowest BCUT2D eigenvalue weighted by molar-refractivity contribution is -0.139. The Kier molecular flexibility index (Phi) is 5.83. The van der Waals surface area contributed by atoms with Crippen molar-refractivity contribution < 1.29 is 9.59 Å². The van der Waals surface area contributed by atoms with Gasteiger partial charge in [-0.2, -0.15) is 0 Å². The van der Waals surface area contributed by atoms with Gasteiger partial charge in [0.1, 0.15) is 0 Å². The van der Waals surface area contributed by atoms with E-state index in [1.165, 1.54) is 25.7 Å². The lowest BCUT2D eigenvalue weighted by Gasteiger charge is -2.60. The Hall–Kier alpha value is -1.88. The Balaban J connectivity index is 1.27. The average Bonchev–Trinajstić information content (AvgIpc) is 3.12. The van der Waals surface area contributed by atoms with Crippen LogP contribution in [0.2, 0.25) is 5.02 Å². The molecule has 0 spiro atoms. The highest BCUT2D eigenvalue weighted by molar-refractivity contribution is 6.31. The maximum atomic E-state index is 12.9. The van der Waals surface area contributed by atoms with E-state index in [-0.39, 0.29) is 22.6 Å². The summed E-state index contributed by atoms with van der Waals surface area (Å²) in [5.74, 6) is 2.68. The van der Waals surface area contributed by atoms with Crippen LogP contribution in [-0.2, 0) is 16.1 Å². The highest BCUT2D eigenvalue weighted by Crippen LogP contribution is 2.65. The number of hydrogen-bond acceptors (Lipinski definition) is 3. The van der Waals surface area contributed by atoms with Gasteiger partial charge in [0.05, 0.1) is 17.3 Å². The van der Waals surface area contributed by atoms with Crippen molar-refractivity contribution in [3.8, 4) is 0 Å². The number of hydrogen-bond donors (Lipinski definition) is 1. The molecular weight excluding hydrogens is 434 g/mol. The number of fused-ring (bicyclic) bond motifs is 5. The Morgan fingerprint density at radius 3 is 2.82 bits per heavy atom. The highest BCUT2D eigenvalue weighted by Gasteiger charge is 2.60. The van der Waals surface area contributed by atoms with Crippen molar-refractivity contribution in [2.45, 2.75) is 71.4 Å². The Morgan fingerprint density at radius 2 is 2.03 bits per heavy atom. The largest absolute Gasteiger partial charge is 0.350 e. The summed E-state index contributed by atoms with van der Waals surface area (Å²) in [4.78, 5) is 31.4. The van der Waals surface area contributed by atoms with E-state index in [0.29, 0.717) is 47.7 Å². The second-order valence-electron chi connectivity index (χ2n) is 11.4. The molecule has 1 N–H and O–H groups in total. The monoisotopic (exact) mass is 469 g/mol. The van der Waals surface area contributed by atoms with Crippen LogP contribution in [0.1, 0.15) is 64.5 Å². The van der Waals surface area contributed by atoms with Crippen molar-refractivity contribution in [1.82, 2.24) is 15.2 Å². The minimum Gasteiger partial charge on any atom is -0.350 e. The second-order valence-corrected chi connectivity index (χ2v) is 11.8. The molecule has 1 aromatic heterocycles. The third-order valence-corrected chi connectivity index (χ3v) is 10.4. The topological polar surface area (TPSA) is 62.3 Å². The van der Waals surface area contributed by atoms with E-state index in [1.54, 1.807) is 12.3 Å². The van der Waals surface area contributed by atoms with Gasteiger partial charge in [0, 0.05) is 31.1 Å². The van der Waals surface area contributed by atoms with Crippen molar-refractivity contribution in [3.05, 3.63) is 41.2 Å². The maximum Gasteiger partial charge on any atom is 0.246 e. The molecule has 33 heavy (non-hydrogen) atoms. The first-order valence-corrected chi connectivity index (χ1v) is 12.9. The molecule has 0 unspecified atom stereocenters. The summed E-state index contributed by atoms with van der Waals surface area (Å²) >= 11 is 6.19. The smallest absolute Gasteiger partial charge is 0.246 e. The molecule has 178 valence electrons. The van der Waals surface area contributed by atoms with Crippen LogP contribution >= 0.6 is 11.6 Å². The van der Waals surface area contributed by atoms with Crippen LogP contribution in [0, 0.1) is 34.5 Å². The first-order chi connectivity index (χ1) is 15.7. The molecule has 3 fully saturated rings. The van der Waals surface area contributed by atoms with Crippen LogP contribution < -0.4 is 5.32 Å². The summed E-state index contributed by atoms with van der Waals surface area (Å²) in [6, 6.07) is 3.93. The summed E-state index contributed by atoms with van der Waals surface area (Å²) in [6.07, 6.45) is 13.4. The summed E-state index contributed by atoms with van der Waals surface area (Å²) < 4.78 is 0. The van der Waals surface area contributed by atoms with Gasteiger partial charge < -0.3 is 10.2 Å². The quantitative estimate of drug-likeness (QED) is 0.675. The van der Waals surface area contributed by atoms with Gasteiger partial charge in [0.25, 0.3) is 0 Å². The van der Waals surface area contributed by atoms with Gasteiger partial charge in [-0.1, -0.05) is 31.5 Å². The fraction of sp³-hybridized carbons (Fsp3) is 0.667. The molecule has 7 atom stereocenters. The third-order valence-electron chi connectivity index (χ3n) is 10.0. The van der Waals surface area contributed by atoms with Crippen molar-refractivity contribution >= 4 is 23.4 Å². The van der Waals surface area contributed by atoms with Crippen LogP contribution in [0.3, 0.4) is 0 Å². The van der Waals surface area contributed by atoms with Gasteiger partial charge in [0.2, 0.25) is 11.8 Å². The standard InChI is InChI=1S/C27H36ClN3O2/c1-26-12-10-20-18(7-9-23-27(20,2)13-11-25(33)31(23)3)19(26)8-6-17(26)15-24(32)30-16-22-21(28)5-4-14-29-22/h4-5,11,13-14,17-20,23H,6-10,12,15-16H2,1-3H3,(H,30,32)/t17-,18+,19+,20+,23-,26-,27-/m1/s1. The molecule has 0 saturated heterocycles. The van der Waals surface area contributed by atoms with Gasteiger partial charge in [-0.15, -0.1) is 0 Å².